The van der Waals surface area contributed by atoms with Crippen LogP contribution in [0.3, 0.4) is 0 Å². The second kappa shape index (κ2) is 3.15. The van der Waals surface area contributed by atoms with Crippen molar-refractivity contribution in [2.24, 2.45) is 0 Å². The first-order valence-electron chi connectivity index (χ1n) is 4.43. The number of aryl methyl sites for hydroxylation is 1. The molecule has 0 saturated heterocycles. The van der Waals surface area contributed by atoms with Crippen molar-refractivity contribution in [1.82, 2.24) is 0 Å². The van der Waals surface area contributed by atoms with Gasteiger partial charge in [-0.05, 0) is 46.9 Å². The summed E-state index contributed by atoms with van der Waals surface area (Å²) in [7, 11) is 0. The van der Waals surface area contributed by atoms with Gasteiger partial charge in [0.15, 0.2) is 0 Å². The Kier molecular flexibility index (Phi) is 1.60. The minimum Gasteiger partial charge on any atom is -0.507 e. The molecular weight excluding hydrogens is 272 g/mol. The number of aromatic hydroxyl groups is 1. The van der Waals surface area contributed by atoms with E-state index in [0.29, 0.717) is 10.0 Å². The molecule has 0 saturated carbocycles. The normalized spacial score (nSPS) is 15.4. The smallest absolute Gasteiger partial charge is 0.130 e. The molecule has 1 aromatic rings. The highest BCUT2D eigenvalue weighted by molar-refractivity contribution is 9.11. The molecule has 1 nitrogen and oxygen atoms in total. The van der Waals surface area contributed by atoms with Crippen molar-refractivity contribution in [1.29, 1.82) is 0 Å². The zero-order valence-electron chi connectivity index (χ0n) is 8.78. The van der Waals surface area contributed by atoms with Crippen LogP contribution in [0.25, 0.3) is 0 Å². The Balaban J connectivity index is 3.56. The topological polar surface area (TPSA) is 20.2 Å². The molecule has 0 heterocycles. The van der Waals surface area contributed by atoms with E-state index in [1.54, 1.807) is 6.92 Å². The Morgan fingerprint density at radius 1 is 1.45 bits per heavy atom. The van der Waals surface area contributed by atoms with Gasteiger partial charge < -0.3 is 5.11 Å². The van der Waals surface area contributed by atoms with E-state index in [4.69, 9.17) is 4.11 Å². The molecule has 0 atom stereocenters. The fourth-order valence-corrected chi connectivity index (χ4v) is 1.64. The van der Waals surface area contributed by atoms with E-state index in [-0.39, 0.29) is 15.8 Å². The second-order valence-corrected chi connectivity index (χ2v) is 3.80. The zero-order valence-corrected chi connectivity index (χ0v) is 8.95. The van der Waals surface area contributed by atoms with Crippen LogP contribution in [0.5, 0.6) is 5.75 Å². The summed E-state index contributed by atoms with van der Waals surface area (Å²) in [6, 6.07) is 1.50. The molecule has 0 spiro atoms. The van der Waals surface area contributed by atoms with Gasteiger partial charge in [0.2, 0.25) is 0 Å². The van der Waals surface area contributed by atoms with Crippen LogP contribution in [0.4, 0.5) is 0 Å². The average Bonchev–Trinajstić information content (AvgIpc) is 1.98. The van der Waals surface area contributed by atoms with Crippen LogP contribution >= 0.6 is 31.9 Å². The molecule has 0 bridgehead atoms. The van der Waals surface area contributed by atoms with Crippen molar-refractivity contribution in [3.05, 3.63) is 26.1 Å². The highest BCUT2D eigenvalue weighted by atomic mass is 79.9. The number of benzene rings is 1. The summed E-state index contributed by atoms with van der Waals surface area (Å²) in [6.45, 7) is -0.521. The van der Waals surface area contributed by atoms with Gasteiger partial charge in [-0.15, -0.1) is 0 Å². The van der Waals surface area contributed by atoms with E-state index < -0.39 is 6.85 Å². The first kappa shape index (κ1) is 5.60. The molecule has 11 heavy (non-hydrogen) atoms. The number of halogens is 2. The van der Waals surface area contributed by atoms with Gasteiger partial charge in [0, 0.05) is 8.58 Å². The summed E-state index contributed by atoms with van der Waals surface area (Å²) >= 11 is 6.26. The maximum Gasteiger partial charge on any atom is 0.130 e. The van der Waals surface area contributed by atoms with E-state index in [1.165, 1.54) is 6.07 Å². The van der Waals surface area contributed by atoms with Crippen molar-refractivity contribution in [3.63, 3.8) is 0 Å². The highest BCUT2D eigenvalue weighted by Gasteiger charge is 2.07. The largest absolute Gasteiger partial charge is 0.507 e. The number of hydrogen-bond acceptors (Lipinski definition) is 1. The summed E-state index contributed by atoms with van der Waals surface area (Å²) in [4.78, 5) is 0. The maximum atomic E-state index is 9.45. The van der Waals surface area contributed by atoms with E-state index >= 15 is 0 Å². The van der Waals surface area contributed by atoms with Crippen molar-refractivity contribution in [3.8, 4) is 5.75 Å². The molecule has 0 unspecified atom stereocenters. The van der Waals surface area contributed by atoms with Gasteiger partial charge in [0.05, 0.1) is 4.47 Å². The van der Waals surface area contributed by atoms with Gasteiger partial charge in [-0.2, -0.15) is 0 Å². The minimum atomic E-state index is -2.25. The zero-order chi connectivity index (χ0) is 11.1. The SMILES string of the molecule is [2H]C([2H])([2H])c1c(Br)c(C)cc(O)c1Br. The van der Waals surface area contributed by atoms with Crippen molar-refractivity contribution < 1.29 is 9.22 Å². The molecule has 0 aliphatic rings. The number of hydrogen-bond donors (Lipinski definition) is 1. The standard InChI is InChI=1S/C8H8Br2O/c1-4-3-6(11)8(10)5(2)7(4)9/h3,11H,1-2H3/i2D3. The van der Waals surface area contributed by atoms with Crippen molar-refractivity contribution in [2.45, 2.75) is 13.8 Å². The van der Waals surface area contributed by atoms with E-state index in [2.05, 4.69) is 31.9 Å². The van der Waals surface area contributed by atoms with E-state index in [1.807, 2.05) is 0 Å². The Morgan fingerprint density at radius 3 is 2.64 bits per heavy atom. The molecular formula is C8H8Br2O. The summed E-state index contributed by atoms with van der Waals surface area (Å²) in [5, 5.41) is 9.45. The minimum absolute atomic E-state index is 0.0585. The third-order valence-electron chi connectivity index (χ3n) is 1.36. The van der Waals surface area contributed by atoms with Crippen LogP contribution < -0.4 is 0 Å². The number of phenols is 1. The van der Waals surface area contributed by atoms with Crippen LogP contribution in [-0.4, -0.2) is 5.11 Å². The lowest BCUT2D eigenvalue weighted by atomic mass is 10.1. The van der Waals surface area contributed by atoms with Crippen LogP contribution in [0.15, 0.2) is 15.0 Å². The predicted molar refractivity (Wildman–Crippen MR) is 53.0 cm³/mol. The fraction of sp³-hybridized carbons (Fsp3) is 0.250. The Hall–Kier alpha value is -0.0200. The molecule has 0 amide bonds. The van der Waals surface area contributed by atoms with Crippen molar-refractivity contribution in [2.75, 3.05) is 0 Å². The molecule has 0 aliphatic carbocycles. The predicted octanol–water partition coefficient (Wildman–Crippen LogP) is 3.53. The quantitative estimate of drug-likeness (QED) is 0.772. The third kappa shape index (κ3) is 1.59. The number of phenolic OH excluding ortho intramolecular Hbond substituents is 1. The lowest BCUT2D eigenvalue weighted by Crippen LogP contribution is -1.83. The Labute approximate surface area is 86.9 Å². The molecule has 3 heteroatoms. The summed E-state index contributed by atoms with van der Waals surface area (Å²) in [6.07, 6.45) is 0. The molecule has 1 rings (SSSR count). The van der Waals surface area contributed by atoms with Crippen LogP contribution in [0.2, 0.25) is 0 Å². The molecule has 0 fully saturated rings. The van der Waals surface area contributed by atoms with Gasteiger partial charge in [-0.25, -0.2) is 0 Å². The molecule has 0 radical (unpaired) electrons. The van der Waals surface area contributed by atoms with Gasteiger partial charge in [-0.1, -0.05) is 15.9 Å². The van der Waals surface area contributed by atoms with Crippen LogP contribution in [0, 0.1) is 13.8 Å². The molecule has 60 valence electrons. The molecule has 1 aromatic carbocycles. The molecule has 0 aliphatic heterocycles. The van der Waals surface area contributed by atoms with Gasteiger partial charge >= 0.3 is 0 Å². The Bertz CT molecular complexity index is 348. The average molecular weight is 283 g/mol. The lowest BCUT2D eigenvalue weighted by Gasteiger charge is -2.06. The summed E-state index contributed by atoms with van der Waals surface area (Å²) in [5.74, 6) is -0.0585. The lowest BCUT2D eigenvalue weighted by molar-refractivity contribution is 0.470. The van der Waals surface area contributed by atoms with Gasteiger partial charge in [-0.3, -0.25) is 0 Å². The first-order valence-corrected chi connectivity index (χ1v) is 4.51. The first-order chi connectivity index (χ1) is 6.25. The second-order valence-electron chi connectivity index (χ2n) is 2.22. The van der Waals surface area contributed by atoms with Gasteiger partial charge in [0.1, 0.15) is 5.75 Å². The van der Waals surface area contributed by atoms with Crippen molar-refractivity contribution >= 4 is 31.9 Å². The monoisotopic (exact) mass is 281 g/mol. The van der Waals surface area contributed by atoms with Crippen LogP contribution in [-0.2, 0) is 0 Å². The third-order valence-corrected chi connectivity index (χ3v) is 3.19. The number of rotatable bonds is 0. The fourth-order valence-electron chi connectivity index (χ4n) is 0.753. The Morgan fingerprint density at radius 2 is 2.09 bits per heavy atom. The summed E-state index contributed by atoms with van der Waals surface area (Å²) in [5.41, 5.74) is 0.798. The summed E-state index contributed by atoms with van der Waals surface area (Å²) < 4.78 is 22.6. The van der Waals surface area contributed by atoms with Gasteiger partial charge in [0.25, 0.3) is 0 Å². The van der Waals surface area contributed by atoms with Crippen LogP contribution in [0.1, 0.15) is 15.2 Å². The maximum absolute atomic E-state index is 9.45. The van der Waals surface area contributed by atoms with E-state index in [0.717, 1.165) is 0 Å². The molecule has 1 N–H and O–H groups in total. The highest BCUT2D eigenvalue weighted by Crippen LogP contribution is 2.34. The molecule has 0 aromatic heterocycles. The van der Waals surface area contributed by atoms with E-state index in [9.17, 15) is 5.11 Å².